The number of rotatable bonds is 5. The summed E-state index contributed by atoms with van der Waals surface area (Å²) in [5.41, 5.74) is 1.73. The number of ether oxygens (including phenoxy) is 2. The number of nitriles is 1. The molecule has 0 aliphatic rings. The maximum Gasteiger partial charge on any atom is 0.311 e. The molecular weight excluding hydrogens is 308 g/mol. The van der Waals surface area contributed by atoms with E-state index in [0.717, 1.165) is 5.56 Å². The van der Waals surface area contributed by atoms with E-state index in [9.17, 15) is 9.59 Å². The van der Waals surface area contributed by atoms with Gasteiger partial charge in [-0.1, -0.05) is 0 Å². The molecule has 0 bridgehead atoms. The molecule has 0 amide bonds. The lowest BCUT2D eigenvalue weighted by Crippen LogP contribution is -2.18. The van der Waals surface area contributed by atoms with Gasteiger partial charge in [0.1, 0.15) is 23.1 Å². The predicted octanol–water partition coefficient (Wildman–Crippen LogP) is 2.41. The summed E-state index contributed by atoms with van der Waals surface area (Å²) in [7, 11) is 1.56. The van der Waals surface area contributed by atoms with E-state index in [2.05, 4.69) is 4.98 Å². The molecule has 0 atom stereocenters. The Morgan fingerprint density at radius 2 is 1.83 bits per heavy atom. The molecule has 2 aromatic rings. The van der Waals surface area contributed by atoms with Crippen molar-refractivity contribution in [2.75, 3.05) is 7.11 Å². The first-order chi connectivity index (χ1) is 11.5. The molecule has 124 valence electrons. The van der Waals surface area contributed by atoms with Gasteiger partial charge in [-0.05, 0) is 55.7 Å². The third-order valence-electron chi connectivity index (χ3n) is 3.79. The van der Waals surface area contributed by atoms with Crippen molar-refractivity contribution in [2.45, 2.75) is 26.7 Å². The second-order valence-electron chi connectivity index (χ2n) is 5.32. The van der Waals surface area contributed by atoms with Gasteiger partial charge in [0.05, 0.1) is 13.5 Å². The van der Waals surface area contributed by atoms with Gasteiger partial charge in [-0.2, -0.15) is 5.26 Å². The number of carbonyl (C=O) groups is 1. The van der Waals surface area contributed by atoms with Crippen LogP contribution in [0.4, 0.5) is 0 Å². The smallest absolute Gasteiger partial charge is 0.311 e. The number of aromatic nitrogens is 1. The van der Waals surface area contributed by atoms with E-state index in [0.29, 0.717) is 29.2 Å². The largest absolute Gasteiger partial charge is 0.497 e. The second kappa shape index (κ2) is 7.47. The Balaban J connectivity index is 2.06. The highest BCUT2D eigenvalue weighted by molar-refractivity contribution is 5.72. The normalized spacial score (nSPS) is 10.1. The van der Waals surface area contributed by atoms with Crippen LogP contribution in [0.15, 0.2) is 29.1 Å². The highest BCUT2D eigenvalue weighted by Gasteiger charge is 2.14. The number of aryl methyl sites for hydroxylation is 1. The molecule has 6 heteroatoms. The summed E-state index contributed by atoms with van der Waals surface area (Å²) in [5, 5.41) is 9.06. The maximum atomic E-state index is 12.0. The number of esters is 1. The Hall–Kier alpha value is -3.07. The number of H-pyrrole nitrogens is 1. The first-order valence-electron chi connectivity index (χ1n) is 7.43. The van der Waals surface area contributed by atoms with Crippen LogP contribution in [0.2, 0.25) is 0 Å². The number of nitrogens with zero attached hydrogens (tertiary/aromatic N) is 1. The van der Waals surface area contributed by atoms with E-state index in [1.165, 1.54) is 0 Å². The Morgan fingerprint density at radius 3 is 2.42 bits per heavy atom. The number of hydrogen-bond donors (Lipinski definition) is 1. The molecule has 0 saturated heterocycles. The van der Waals surface area contributed by atoms with Crippen molar-refractivity contribution in [3.8, 4) is 17.6 Å². The van der Waals surface area contributed by atoms with Crippen molar-refractivity contribution in [3.63, 3.8) is 0 Å². The molecule has 24 heavy (non-hydrogen) atoms. The SMILES string of the molecule is COc1ccc(OC(=O)CCc2c(C)[nH]c(=O)c(C#N)c2C)cc1. The number of benzene rings is 1. The first kappa shape index (κ1) is 17.3. The summed E-state index contributed by atoms with van der Waals surface area (Å²) >= 11 is 0. The third-order valence-corrected chi connectivity index (χ3v) is 3.79. The maximum absolute atomic E-state index is 12.0. The molecule has 0 aliphatic carbocycles. The summed E-state index contributed by atoms with van der Waals surface area (Å²) in [6.45, 7) is 3.46. The molecule has 0 aliphatic heterocycles. The average Bonchev–Trinajstić information content (AvgIpc) is 2.55. The fraction of sp³-hybridized carbons (Fsp3) is 0.278. The topological polar surface area (TPSA) is 92.2 Å². The van der Waals surface area contributed by atoms with Crippen LogP contribution in [-0.2, 0) is 11.2 Å². The number of hydrogen-bond acceptors (Lipinski definition) is 5. The van der Waals surface area contributed by atoms with Gasteiger partial charge in [-0.3, -0.25) is 9.59 Å². The van der Waals surface area contributed by atoms with Crippen LogP contribution in [0, 0.1) is 25.2 Å². The summed E-state index contributed by atoms with van der Waals surface area (Å²) in [6, 6.07) is 8.62. The molecule has 0 unspecified atom stereocenters. The first-order valence-corrected chi connectivity index (χ1v) is 7.43. The Bertz CT molecular complexity index is 845. The lowest BCUT2D eigenvalue weighted by Gasteiger charge is -2.10. The number of carbonyl (C=O) groups excluding carboxylic acids is 1. The summed E-state index contributed by atoms with van der Waals surface area (Å²) in [6.07, 6.45) is 0.530. The molecule has 6 nitrogen and oxygen atoms in total. The molecule has 0 radical (unpaired) electrons. The van der Waals surface area contributed by atoms with Gasteiger partial charge >= 0.3 is 5.97 Å². The zero-order valence-corrected chi connectivity index (χ0v) is 13.8. The highest BCUT2D eigenvalue weighted by atomic mass is 16.5. The van der Waals surface area contributed by atoms with Gasteiger partial charge in [-0.15, -0.1) is 0 Å². The van der Waals surface area contributed by atoms with Crippen molar-refractivity contribution < 1.29 is 14.3 Å². The van der Waals surface area contributed by atoms with E-state index < -0.39 is 5.56 Å². The van der Waals surface area contributed by atoms with Crippen molar-refractivity contribution in [1.29, 1.82) is 5.26 Å². The number of nitrogens with one attached hydrogen (secondary N) is 1. The molecule has 1 aromatic carbocycles. The lowest BCUT2D eigenvalue weighted by molar-refractivity contribution is -0.134. The third kappa shape index (κ3) is 3.82. The zero-order chi connectivity index (χ0) is 17.7. The van der Waals surface area contributed by atoms with Gasteiger partial charge in [0.2, 0.25) is 0 Å². The molecule has 0 fully saturated rings. The number of aromatic amines is 1. The van der Waals surface area contributed by atoms with Crippen molar-refractivity contribution >= 4 is 5.97 Å². The molecule has 1 N–H and O–H groups in total. The van der Waals surface area contributed by atoms with Crippen LogP contribution in [0.25, 0.3) is 0 Å². The number of pyridine rings is 1. The van der Waals surface area contributed by atoms with Gasteiger partial charge in [-0.25, -0.2) is 0 Å². The Morgan fingerprint density at radius 1 is 1.21 bits per heavy atom. The summed E-state index contributed by atoms with van der Waals surface area (Å²) in [5.74, 6) is 0.732. The number of methoxy groups -OCH3 is 1. The monoisotopic (exact) mass is 326 g/mol. The van der Waals surface area contributed by atoms with Crippen molar-refractivity contribution in [1.82, 2.24) is 4.98 Å². The summed E-state index contributed by atoms with van der Waals surface area (Å²) < 4.78 is 10.3. The van der Waals surface area contributed by atoms with E-state index in [4.69, 9.17) is 14.7 Å². The molecule has 2 rings (SSSR count). The molecule has 1 aromatic heterocycles. The van der Waals surface area contributed by atoms with Crippen LogP contribution < -0.4 is 15.0 Å². The van der Waals surface area contributed by atoms with Crippen molar-refractivity contribution in [3.05, 3.63) is 57.0 Å². The predicted molar refractivity (Wildman–Crippen MR) is 88.2 cm³/mol. The molecular formula is C18H18N2O4. The minimum atomic E-state index is -0.406. The van der Waals surface area contributed by atoms with Crippen LogP contribution >= 0.6 is 0 Å². The average molecular weight is 326 g/mol. The Labute approximate surface area is 139 Å². The molecule has 1 heterocycles. The lowest BCUT2D eigenvalue weighted by atomic mass is 9.99. The quantitative estimate of drug-likeness (QED) is 0.673. The van der Waals surface area contributed by atoms with Crippen LogP contribution in [0.3, 0.4) is 0 Å². The van der Waals surface area contributed by atoms with Gasteiger partial charge in [0.15, 0.2) is 0 Å². The van der Waals surface area contributed by atoms with Crippen LogP contribution in [0.5, 0.6) is 11.5 Å². The fourth-order valence-corrected chi connectivity index (χ4v) is 2.47. The molecule has 0 spiro atoms. The van der Waals surface area contributed by atoms with Gasteiger partial charge in [0.25, 0.3) is 5.56 Å². The van der Waals surface area contributed by atoms with Crippen LogP contribution in [-0.4, -0.2) is 18.1 Å². The minimum absolute atomic E-state index is 0.0825. The standard InChI is InChI=1S/C18H18N2O4/c1-11-15(12(2)20-18(22)16(11)10-19)8-9-17(21)24-14-6-4-13(23-3)5-7-14/h4-7H,8-9H2,1-3H3,(H,20,22). The van der Waals surface area contributed by atoms with Crippen molar-refractivity contribution in [2.24, 2.45) is 0 Å². The molecule has 0 saturated carbocycles. The highest BCUT2D eigenvalue weighted by Crippen LogP contribution is 2.19. The van der Waals surface area contributed by atoms with E-state index in [1.807, 2.05) is 6.07 Å². The van der Waals surface area contributed by atoms with E-state index in [1.54, 1.807) is 45.2 Å². The van der Waals surface area contributed by atoms with E-state index in [-0.39, 0.29) is 18.0 Å². The fourth-order valence-electron chi connectivity index (χ4n) is 2.47. The van der Waals surface area contributed by atoms with Crippen LogP contribution in [0.1, 0.15) is 28.8 Å². The second-order valence-corrected chi connectivity index (χ2v) is 5.32. The van der Waals surface area contributed by atoms with Gasteiger partial charge < -0.3 is 14.5 Å². The van der Waals surface area contributed by atoms with E-state index >= 15 is 0 Å². The van der Waals surface area contributed by atoms with Gasteiger partial charge in [0, 0.05) is 5.69 Å². The zero-order valence-electron chi connectivity index (χ0n) is 13.8. The Kier molecular flexibility index (Phi) is 5.38. The minimum Gasteiger partial charge on any atom is -0.497 e. The summed E-state index contributed by atoms with van der Waals surface area (Å²) in [4.78, 5) is 26.3.